The Morgan fingerprint density at radius 2 is 2.00 bits per heavy atom. The number of carbonyl (C=O) groups excluding carboxylic acids is 1. The SMILES string of the molecule is COCCNC(=O)C(C)NC(C)c1ccccc1C. The maximum Gasteiger partial charge on any atom is 0.236 e. The Morgan fingerprint density at radius 3 is 2.63 bits per heavy atom. The molecule has 2 unspecified atom stereocenters. The van der Waals surface area contributed by atoms with Crippen molar-refractivity contribution in [1.82, 2.24) is 10.6 Å². The molecular formula is C15H24N2O2. The highest BCUT2D eigenvalue weighted by atomic mass is 16.5. The van der Waals surface area contributed by atoms with E-state index in [1.165, 1.54) is 11.1 Å². The largest absolute Gasteiger partial charge is 0.383 e. The van der Waals surface area contributed by atoms with Crippen LogP contribution in [0.25, 0.3) is 0 Å². The number of methoxy groups -OCH3 is 1. The summed E-state index contributed by atoms with van der Waals surface area (Å²) in [5, 5.41) is 6.14. The number of benzene rings is 1. The topological polar surface area (TPSA) is 50.4 Å². The van der Waals surface area contributed by atoms with Crippen LogP contribution in [0.1, 0.15) is 31.0 Å². The Morgan fingerprint density at radius 1 is 1.32 bits per heavy atom. The number of aryl methyl sites for hydroxylation is 1. The molecule has 0 fully saturated rings. The molecule has 1 amide bonds. The smallest absolute Gasteiger partial charge is 0.236 e. The van der Waals surface area contributed by atoms with E-state index < -0.39 is 0 Å². The number of amides is 1. The number of hydrogen-bond acceptors (Lipinski definition) is 3. The van der Waals surface area contributed by atoms with Crippen molar-refractivity contribution < 1.29 is 9.53 Å². The van der Waals surface area contributed by atoms with Gasteiger partial charge in [-0.1, -0.05) is 24.3 Å². The first-order valence-corrected chi connectivity index (χ1v) is 6.64. The summed E-state index contributed by atoms with van der Waals surface area (Å²) in [6.07, 6.45) is 0. The van der Waals surface area contributed by atoms with Crippen molar-refractivity contribution in [1.29, 1.82) is 0 Å². The lowest BCUT2D eigenvalue weighted by molar-refractivity contribution is -0.123. The second-order valence-electron chi connectivity index (χ2n) is 4.75. The lowest BCUT2D eigenvalue weighted by Gasteiger charge is -2.21. The summed E-state index contributed by atoms with van der Waals surface area (Å²) in [4.78, 5) is 11.8. The van der Waals surface area contributed by atoms with E-state index in [-0.39, 0.29) is 18.0 Å². The van der Waals surface area contributed by atoms with Crippen LogP contribution in [-0.2, 0) is 9.53 Å². The van der Waals surface area contributed by atoms with Crippen molar-refractivity contribution in [2.24, 2.45) is 0 Å². The molecule has 2 atom stereocenters. The lowest BCUT2D eigenvalue weighted by Crippen LogP contribution is -2.44. The molecule has 0 bridgehead atoms. The standard InChI is InChI=1S/C15H24N2O2/c1-11-7-5-6-8-14(11)12(2)17-13(3)15(18)16-9-10-19-4/h5-8,12-13,17H,9-10H2,1-4H3,(H,16,18). The maximum atomic E-state index is 11.8. The van der Waals surface area contributed by atoms with Gasteiger partial charge in [0.05, 0.1) is 12.6 Å². The van der Waals surface area contributed by atoms with Crippen LogP contribution < -0.4 is 10.6 Å². The van der Waals surface area contributed by atoms with E-state index in [4.69, 9.17) is 4.74 Å². The van der Waals surface area contributed by atoms with Crippen LogP contribution in [0, 0.1) is 6.92 Å². The molecule has 0 spiro atoms. The number of rotatable bonds is 7. The third-order valence-corrected chi connectivity index (χ3v) is 3.15. The second kappa shape index (κ2) is 7.92. The van der Waals surface area contributed by atoms with E-state index in [2.05, 4.69) is 36.6 Å². The summed E-state index contributed by atoms with van der Waals surface area (Å²) in [6.45, 7) is 7.10. The van der Waals surface area contributed by atoms with Crippen LogP contribution >= 0.6 is 0 Å². The summed E-state index contributed by atoms with van der Waals surface area (Å²) < 4.78 is 4.90. The lowest BCUT2D eigenvalue weighted by atomic mass is 10.0. The van der Waals surface area contributed by atoms with Gasteiger partial charge in [-0.15, -0.1) is 0 Å². The number of ether oxygens (including phenoxy) is 1. The van der Waals surface area contributed by atoms with Gasteiger partial charge in [-0.05, 0) is 31.9 Å². The van der Waals surface area contributed by atoms with Crippen molar-refractivity contribution in [2.45, 2.75) is 32.9 Å². The van der Waals surface area contributed by atoms with Crippen molar-refractivity contribution in [2.75, 3.05) is 20.3 Å². The molecule has 1 aromatic carbocycles. The Kier molecular flexibility index (Phi) is 6.53. The molecule has 0 saturated heterocycles. The molecule has 1 rings (SSSR count). The first kappa shape index (κ1) is 15.7. The summed E-state index contributed by atoms with van der Waals surface area (Å²) in [5.41, 5.74) is 2.45. The van der Waals surface area contributed by atoms with E-state index in [0.717, 1.165) is 0 Å². The summed E-state index contributed by atoms with van der Waals surface area (Å²) >= 11 is 0. The minimum atomic E-state index is -0.230. The molecule has 0 saturated carbocycles. The van der Waals surface area contributed by atoms with Gasteiger partial charge in [0, 0.05) is 19.7 Å². The average Bonchev–Trinajstić information content (AvgIpc) is 2.39. The fourth-order valence-electron chi connectivity index (χ4n) is 2.04. The number of nitrogens with one attached hydrogen (secondary N) is 2. The average molecular weight is 264 g/mol. The van der Waals surface area contributed by atoms with E-state index in [9.17, 15) is 4.79 Å². The molecule has 0 heterocycles. The normalized spacial score (nSPS) is 13.9. The zero-order valence-electron chi connectivity index (χ0n) is 12.2. The fourth-order valence-corrected chi connectivity index (χ4v) is 2.04. The van der Waals surface area contributed by atoms with Crippen LogP contribution in [-0.4, -0.2) is 32.2 Å². The molecule has 2 N–H and O–H groups in total. The zero-order chi connectivity index (χ0) is 14.3. The van der Waals surface area contributed by atoms with Crippen LogP contribution in [0.4, 0.5) is 0 Å². The second-order valence-corrected chi connectivity index (χ2v) is 4.75. The fraction of sp³-hybridized carbons (Fsp3) is 0.533. The first-order chi connectivity index (χ1) is 9.06. The summed E-state index contributed by atoms with van der Waals surface area (Å²) in [7, 11) is 1.62. The highest BCUT2D eigenvalue weighted by Crippen LogP contribution is 2.17. The van der Waals surface area contributed by atoms with Gasteiger partial charge in [0.15, 0.2) is 0 Å². The van der Waals surface area contributed by atoms with E-state index >= 15 is 0 Å². The van der Waals surface area contributed by atoms with Crippen molar-refractivity contribution >= 4 is 5.91 Å². The third kappa shape index (κ3) is 5.01. The third-order valence-electron chi connectivity index (χ3n) is 3.15. The predicted molar refractivity (Wildman–Crippen MR) is 77.1 cm³/mol. The van der Waals surface area contributed by atoms with Gasteiger partial charge in [0.1, 0.15) is 0 Å². The van der Waals surface area contributed by atoms with Gasteiger partial charge in [-0.25, -0.2) is 0 Å². The van der Waals surface area contributed by atoms with Crippen molar-refractivity contribution in [3.63, 3.8) is 0 Å². The van der Waals surface area contributed by atoms with Crippen molar-refractivity contribution in [3.05, 3.63) is 35.4 Å². The summed E-state index contributed by atoms with van der Waals surface area (Å²) in [5.74, 6) is -0.00233. The van der Waals surface area contributed by atoms with E-state index in [1.807, 2.05) is 19.1 Å². The van der Waals surface area contributed by atoms with Gasteiger partial charge < -0.3 is 10.1 Å². The molecule has 4 nitrogen and oxygen atoms in total. The van der Waals surface area contributed by atoms with Crippen LogP contribution in [0.15, 0.2) is 24.3 Å². The molecule has 0 aliphatic rings. The molecule has 1 aromatic rings. The minimum absolute atomic E-state index is 0.00233. The first-order valence-electron chi connectivity index (χ1n) is 6.64. The van der Waals surface area contributed by atoms with E-state index in [1.54, 1.807) is 7.11 Å². The van der Waals surface area contributed by atoms with Crippen LogP contribution in [0.2, 0.25) is 0 Å². The summed E-state index contributed by atoms with van der Waals surface area (Å²) in [6, 6.07) is 8.12. The maximum absolute atomic E-state index is 11.8. The van der Waals surface area contributed by atoms with E-state index in [0.29, 0.717) is 13.2 Å². The predicted octanol–water partition coefficient (Wildman–Crippen LogP) is 1.80. The molecule has 0 aromatic heterocycles. The molecular weight excluding hydrogens is 240 g/mol. The molecule has 0 aliphatic carbocycles. The Hall–Kier alpha value is -1.39. The highest BCUT2D eigenvalue weighted by Gasteiger charge is 2.16. The molecule has 19 heavy (non-hydrogen) atoms. The van der Waals surface area contributed by atoms with Crippen LogP contribution in [0.5, 0.6) is 0 Å². The minimum Gasteiger partial charge on any atom is -0.383 e. The van der Waals surface area contributed by atoms with Crippen LogP contribution in [0.3, 0.4) is 0 Å². The Bertz CT molecular complexity index is 407. The molecule has 0 radical (unpaired) electrons. The number of carbonyl (C=O) groups is 1. The van der Waals surface area contributed by atoms with Gasteiger partial charge in [0.2, 0.25) is 5.91 Å². The quantitative estimate of drug-likeness (QED) is 0.738. The molecule has 106 valence electrons. The van der Waals surface area contributed by atoms with Gasteiger partial charge in [-0.2, -0.15) is 0 Å². The Labute approximate surface area is 115 Å². The Balaban J connectivity index is 2.50. The monoisotopic (exact) mass is 264 g/mol. The van der Waals surface area contributed by atoms with Gasteiger partial charge in [0.25, 0.3) is 0 Å². The highest BCUT2D eigenvalue weighted by molar-refractivity contribution is 5.81. The molecule has 0 aliphatic heterocycles. The number of hydrogen-bond donors (Lipinski definition) is 2. The zero-order valence-corrected chi connectivity index (χ0v) is 12.2. The van der Waals surface area contributed by atoms with Crippen molar-refractivity contribution in [3.8, 4) is 0 Å². The molecule has 4 heteroatoms. The van der Waals surface area contributed by atoms with Gasteiger partial charge in [-0.3, -0.25) is 10.1 Å². The van der Waals surface area contributed by atoms with Gasteiger partial charge >= 0.3 is 0 Å².